The van der Waals surface area contributed by atoms with Gasteiger partial charge in [0.25, 0.3) is 0 Å². The minimum atomic E-state index is 0.507. The Morgan fingerprint density at radius 1 is 1.23 bits per heavy atom. The van der Waals surface area contributed by atoms with E-state index in [0.29, 0.717) is 17.3 Å². The van der Waals surface area contributed by atoms with Crippen molar-refractivity contribution < 1.29 is 9.15 Å². The maximum Gasteiger partial charge on any atom is 0.216 e. The van der Waals surface area contributed by atoms with Gasteiger partial charge in [-0.15, -0.1) is 0 Å². The molecule has 2 aromatic rings. The van der Waals surface area contributed by atoms with E-state index in [4.69, 9.17) is 9.15 Å². The summed E-state index contributed by atoms with van der Waals surface area (Å²) in [5, 5.41) is 0. The molecule has 13 heavy (non-hydrogen) atoms. The third-order valence-corrected chi connectivity index (χ3v) is 1.55. The standard InChI is InChI=1S/C8H7N3O2/c1-12-8-2-6(9-4-10-8)7-3-13-5-11-7/h2-5H,1H3. The van der Waals surface area contributed by atoms with Gasteiger partial charge in [-0.1, -0.05) is 0 Å². The van der Waals surface area contributed by atoms with Gasteiger partial charge in [0.1, 0.15) is 18.3 Å². The summed E-state index contributed by atoms with van der Waals surface area (Å²) in [6.45, 7) is 0. The van der Waals surface area contributed by atoms with Crippen molar-refractivity contribution in [3.05, 3.63) is 25.1 Å². The zero-order valence-corrected chi connectivity index (χ0v) is 6.97. The molecule has 0 amide bonds. The molecule has 0 aliphatic rings. The molecule has 0 aliphatic carbocycles. The Hall–Kier alpha value is -1.91. The molecule has 0 spiro atoms. The fourth-order valence-electron chi connectivity index (χ4n) is 0.930. The number of nitrogens with zero attached hydrogens (tertiary/aromatic N) is 3. The first-order chi connectivity index (χ1) is 6.40. The number of hydrogen-bond donors (Lipinski definition) is 0. The van der Waals surface area contributed by atoms with Crippen LogP contribution in [0.15, 0.2) is 29.5 Å². The van der Waals surface area contributed by atoms with Gasteiger partial charge in [-0.25, -0.2) is 15.0 Å². The first kappa shape index (κ1) is 7.72. The van der Waals surface area contributed by atoms with Crippen LogP contribution < -0.4 is 4.74 Å². The van der Waals surface area contributed by atoms with E-state index in [9.17, 15) is 0 Å². The molecular weight excluding hydrogens is 170 g/mol. The van der Waals surface area contributed by atoms with E-state index in [-0.39, 0.29) is 0 Å². The topological polar surface area (TPSA) is 61.0 Å². The number of hydrogen-bond acceptors (Lipinski definition) is 5. The van der Waals surface area contributed by atoms with Gasteiger partial charge in [-0.3, -0.25) is 0 Å². The first-order valence-corrected chi connectivity index (χ1v) is 3.65. The molecule has 2 aromatic heterocycles. The Morgan fingerprint density at radius 3 is 2.85 bits per heavy atom. The predicted octanol–water partition coefficient (Wildman–Crippen LogP) is 1.14. The zero-order chi connectivity index (χ0) is 9.10. The molecule has 5 heteroatoms. The molecule has 0 radical (unpaired) electrons. The van der Waals surface area contributed by atoms with E-state index in [1.54, 1.807) is 13.2 Å². The molecule has 0 saturated carbocycles. The number of oxazole rings is 1. The third-order valence-electron chi connectivity index (χ3n) is 1.55. The number of methoxy groups -OCH3 is 1. The van der Waals surface area contributed by atoms with Crippen LogP contribution in [0, 0.1) is 0 Å². The van der Waals surface area contributed by atoms with Crippen LogP contribution in [-0.4, -0.2) is 22.1 Å². The van der Waals surface area contributed by atoms with E-state index < -0.39 is 0 Å². The number of ether oxygens (including phenoxy) is 1. The number of aromatic nitrogens is 3. The highest BCUT2D eigenvalue weighted by molar-refractivity contribution is 5.52. The van der Waals surface area contributed by atoms with E-state index in [1.807, 2.05) is 0 Å². The highest BCUT2D eigenvalue weighted by atomic mass is 16.5. The lowest BCUT2D eigenvalue weighted by Gasteiger charge is -1.98. The summed E-state index contributed by atoms with van der Waals surface area (Å²) in [6, 6.07) is 1.69. The Morgan fingerprint density at radius 2 is 2.15 bits per heavy atom. The third kappa shape index (κ3) is 1.48. The zero-order valence-electron chi connectivity index (χ0n) is 6.97. The molecule has 0 atom stereocenters. The van der Waals surface area contributed by atoms with Crippen LogP contribution in [0.1, 0.15) is 0 Å². The number of rotatable bonds is 2. The van der Waals surface area contributed by atoms with Gasteiger partial charge in [0, 0.05) is 6.07 Å². The highest BCUT2D eigenvalue weighted by Gasteiger charge is 2.03. The SMILES string of the molecule is COc1cc(-c2cocn2)ncn1. The predicted molar refractivity (Wildman–Crippen MR) is 44.1 cm³/mol. The van der Waals surface area contributed by atoms with E-state index >= 15 is 0 Å². The molecule has 0 unspecified atom stereocenters. The van der Waals surface area contributed by atoms with E-state index in [2.05, 4.69) is 15.0 Å². The molecule has 2 rings (SSSR count). The Labute approximate surface area is 74.4 Å². The molecule has 0 saturated heterocycles. The Balaban J connectivity index is 2.41. The summed E-state index contributed by atoms with van der Waals surface area (Å²) in [6.07, 6.45) is 4.29. The van der Waals surface area contributed by atoms with E-state index in [0.717, 1.165) is 0 Å². The van der Waals surface area contributed by atoms with Gasteiger partial charge in [0.2, 0.25) is 5.88 Å². The van der Waals surface area contributed by atoms with Crippen molar-refractivity contribution in [1.29, 1.82) is 0 Å². The van der Waals surface area contributed by atoms with E-state index in [1.165, 1.54) is 19.0 Å². The highest BCUT2D eigenvalue weighted by Crippen LogP contribution is 2.16. The molecule has 0 bridgehead atoms. The van der Waals surface area contributed by atoms with Gasteiger partial charge < -0.3 is 9.15 Å². The summed E-state index contributed by atoms with van der Waals surface area (Å²) in [5.74, 6) is 0.507. The monoisotopic (exact) mass is 177 g/mol. The molecule has 0 aromatic carbocycles. The summed E-state index contributed by atoms with van der Waals surface area (Å²) in [7, 11) is 1.55. The van der Waals surface area contributed by atoms with Crippen LogP contribution in [-0.2, 0) is 0 Å². The smallest absolute Gasteiger partial charge is 0.216 e. The molecule has 66 valence electrons. The summed E-state index contributed by atoms with van der Waals surface area (Å²) in [4.78, 5) is 11.8. The van der Waals surface area contributed by atoms with Gasteiger partial charge in [-0.2, -0.15) is 0 Å². The van der Waals surface area contributed by atoms with Gasteiger partial charge in [0.15, 0.2) is 6.39 Å². The second-order valence-electron chi connectivity index (χ2n) is 2.32. The molecule has 5 nitrogen and oxygen atoms in total. The van der Waals surface area contributed by atoms with Crippen molar-refractivity contribution in [3.8, 4) is 17.3 Å². The minimum Gasteiger partial charge on any atom is -0.481 e. The maximum atomic E-state index is 4.94. The van der Waals surface area contributed by atoms with Crippen molar-refractivity contribution in [2.75, 3.05) is 7.11 Å². The van der Waals surface area contributed by atoms with Crippen LogP contribution in [0.25, 0.3) is 11.4 Å². The van der Waals surface area contributed by atoms with Crippen molar-refractivity contribution >= 4 is 0 Å². The average Bonchev–Trinajstić information content (AvgIpc) is 2.71. The van der Waals surface area contributed by atoms with Crippen LogP contribution in [0.2, 0.25) is 0 Å². The largest absolute Gasteiger partial charge is 0.481 e. The van der Waals surface area contributed by atoms with Crippen LogP contribution in [0.5, 0.6) is 5.88 Å². The lowest BCUT2D eigenvalue weighted by Crippen LogP contribution is -1.90. The lowest BCUT2D eigenvalue weighted by atomic mass is 10.3. The summed E-state index contributed by atoms with van der Waals surface area (Å²) < 4.78 is 9.77. The first-order valence-electron chi connectivity index (χ1n) is 3.65. The molecule has 0 fully saturated rings. The van der Waals surface area contributed by atoms with Crippen LogP contribution >= 0.6 is 0 Å². The fraction of sp³-hybridized carbons (Fsp3) is 0.125. The van der Waals surface area contributed by atoms with Crippen molar-refractivity contribution in [3.63, 3.8) is 0 Å². The molecular formula is C8H7N3O2. The Bertz CT molecular complexity index is 386. The lowest BCUT2D eigenvalue weighted by molar-refractivity contribution is 0.397. The normalized spacial score (nSPS) is 9.92. The van der Waals surface area contributed by atoms with Gasteiger partial charge >= 0.3 is 0 Å². The average molecular weight is 177 g/mol. The fourth-order valence-corrected chi connectivity index (χ4v) is 0.930. The van der Waals surface area contributed by atoms with Crippen LogP contribution in [0.3, 0.4) is 0 Å². The van der Waals surface area contributed by atoms with Gasteiger partial charge in [-0.05, 0) is 0 Å². The van der Waals surface area contributed by atoms with Crippen LogP contribution in [0.4, 0.5) is 0 Å². The maximum absolute atomic E-state index is 4.94. The summed E-state index contributed by atoms with van der Waals surface area (Å²) >= 11 is 0. The van der Waals surface area contributed by atoms with Crippen molar-refractivity contribution in [2.24, 2.45) is 0 Å². The minimum absolute atomic E-state index is 0.507. The summed E-state index contributed by atoms with van der Waals surface area (Å²) in [5.41, 5.74) is 1.35. The van der Waals surface area contributed by atoms with Crippen molar-refractivity contribution in [1.82, 2.24) is 15.0 Å². The molecule has 2 heterocycles. The van der Waals surface area contributed by atoms with Gasteiger partial charge in [0.05, 0.1) is 12.8 Å². The second kappa shape index (κ2) is 3.22. The Kier molecular flexibility index (Phi) is 1.91. The second-order valence-corrected chi connectivity index (χ2v) is 2.32. The molecule has 0 aliphatic heterocycles. The quantitative estimate of drug-likeness (QED) is 0.688. The molecule has 0 N–H and O–H groups in total. The van der Waals surface area contributed by atoms with Crippen molar-refractivity contribution in [2.45, 2.75) is 0 Å².